The first-order chi connectivity index (χ1) is 15.2. The van der Waals surface area contributed by atoms with E-state index in [1.54, 1.807) is 6.07 Å². The summed E-state index contributed by atoms with van der Waals surface area (Å²) in [5.41, 5.74) is 1.96. The molecule has 2 atom stereocenters. The number of carbonyl (C=O) groups excluding carboxylic acids is 1. The van der Waals surface area contributed by atoms with Crippen LogP contribution in [0.25, 0.3) is 11.1 Å². The van der Waals surface area contributed by atoms with Gasteiger partial charge in [0, 0.05) is 18.7 Å². The number of fused-ring (bicyclic) bond motifs is 5. The molecule has 1 saturated heterocycles. The minimum atomic E-state index is -3.34. The molecule has 12 heteroatoms. The molecule has 5 rings (SSSR count). The monoisotopic (exact) mass is 477 g/mol. The maximum absolute atomic E-state index is 12.1. The fourth-order valence-electron chi connectivity index (χ4n) is 4.06. The summed E-state index contributed by atoms with van der Waals surface area (Å²) in [6.45, 7) is 4.72. The number of amides is 2. The third-order valence-corrected chi connectivity index (χ3v) is 7.64. The predicted molar refractivity (Wildman–Crippen MR) is 120 cm³/mol. The van der Waals surface area contributed by atoms with Crippen LogP contribution in [0.15, 0.2) is 27.5 Å². The van der Waals surface area contributed by atoms with Crippen LogP contribution in [0.4, 0.5) is 15.9 Å². The molecule has 10 nitrogen and oxygen atoms in total. The number of rotatable bonds is 4. The average Bonchev–Trinajstić information content (AvgIpc) is 3.29. The van der Waals surface area contributed by atoms with Gasteiger partial charge in [-0.3, -0.25) is 5.32 Å². The van der Waals surface area contributed by atoms with Crippen LogP contribution >= 0.6 is 11.3 Å². The third-order valence-electron chi connectivity index (χ3n) is 5.41. The number of morpholine rings is 1. The predicted octanol–water partition coefficient (Wildman–Crippen LogP) is 2.72. The van der Waals surface area contributed by atoms with Crippen molar-refractivity contribution in [2.24, 2.45) is 0 Å². The van der Waals surface area contributed by atoms with Crippen LogP contribution in [0.3, 0.4) is 0 Å². The maximum atomic E-state index is 12.1. The van der Waals surface area contributed by atoms with Crippen LogP contribution < -0.4 is 15.5 Å². The van der Waals surface area contributed by atoms with Gasteiger partial charge in [-0.25, -0.2) is 18.2 Å². The van der Waals surface area contributed by atoms with Gasteiger partial charge in [-0.05, 0) is 32.0 Å². The number of ether oxygens (including phenoxy) is 1. The van der Waals surface area contributed by atoms with Crippen LogP contribution in [0.1, 0.15) is 30.5 Å². The zero-order valence-corrected chi connectivity index (χ0v) is 19.4. The van der Waals surface area contributed by atoms with Gasteiger partial charge < -0.3 is 19.4 Å². The zero-order chi connectivity index (χ0) is 22.6. The molecule has 4 heterocycles. The summed E-state index contributed by atoms with van der Waals surface area (Å²) in [5, 5.41) is 6.14. The zero-order valence-electron chi connectivity index (χ0n) is 17.8. The van der Waals surface area contributed by atoms with E-state index in [9.17, 15) is 13.2 Å². The molecule has 32 heavy (non-hydrogen) atoms. The Hall–Kier alpha value is -2.70. The molecule has 2 bridgehead atoms. The Labute approximate surface area is 188 Å². The van der Waals surface area contributed by atoms with E-state index in [1.165, 1.54) is 29.7 Å². The highest BCUT2D eigenvalue weighted by Gasteiger charge is 2.43. The number of urea groups is 1. The largest absolute Gasteiger partial charge is 0.423 e. The Bertz CT molecular complexity index is 1300. The van der Waals surface area contributed by atoms with E-state index in [2.05, 4.69) is 25.5 Å². The highest BCUT2D eigenvalue weighted by Crippen LogP contribution is 2.43. The summed E-state index contributed by atoms with van der Waals surface area (Å²) in [5.74, 6) is 0. The summed E-state index contributed by atoms with van der Waals surface area (Å²) in [4.78, 5) is 24.6. The molecule has 3 aromatic rings. The molecular weight excluding hydrogens is 454 g/mol. The Morgan fingerprint density at radius 3 is 2.84 bits per heavy atom. The molecule has 0 saturated carbocycles. The average molecular weight is 478 g/mol. The minimum Gasteiger partial charge on any atom is -0.423 e. The van der Waals surface area contributed by atoms with E-state index in [1.807, 2.05) is 13.8 Å². The van der Waals surface area contributed by atoms with Gasteiger partial charge in [0.2, 0.25) is 0 Å². The lowest BCUT2D eigenvalue weighted by molar-refractivity contribution is 0.0579. The first kappa shape index (κ1) is 21.2. The number of anilines is 2. The van der Waals surface area contributed by atoms with Gasteiger partial charge in [-0.15, -0.1) is 0 Å². The second kappa shape index (κ2) is 7.71. The Morgan fingerprint density at radius 2 is 2.09 bits per heavy atom. The minimum absolute atomic E-state index is 0.0232. The smallest absolute Gasteiger partial charge is 0.321 e. The molecule has 0 aliphatic carbocycles. The van der Waals surface area contributed by atoms with Crippen molar-refractivity contribution < 1.29 is 22.4 Å². The molecule has 1 fully saturated rings. The van der Waals surface area contributed by atoms with Crippen molar-refractivity contribution in [2.75, 3.05) is 29.7 Å². The number of benzene rings is 1. The molecule has 0 spiro atoms. The van der Waals surface area contributed by atoms with Gasteiger partial charge in [0.1, 0.15) is 5.52 Å². The number of carbonyl (C=O) groups is 1. The molecule has 2 aliphatic rings. The van der Waals surface area contributed by atoms with Crippen molar-refractivity contribution in [3.63, 3.8) is 0 Å². The number of sulfone groups is 1. The fraction of sp³-hybridized carbons (Fsp3) is 0.450. The van der Waals surface area contributed by atoms with Gasteiger partial charge >= 0.3 is 6.03 Å². The standard InChI is InChI=1S/C20H23N5O5S2/c1-10(2)21-18(26)24-19-22-14-6-11-8-29-9-15(17(14)31-19)25(11)20-23-13-7-12(32(3,27)28)4-5-16(13)30-20/h4-5,7,10-11,15H,6,8-9H2,1-3H3,(H2,21,22,24,26)/t11-,15-/m0/s1. The first-order valence-electron chi connectivity index (χ1n) is 10.2. The maximum Gasteiger partial charge on any atom is 0.321 e. The lowest BCUT2D eigenvalue weighted by Gasteiger charge is -2.43. The van der Waals surface area contributed by atoms with Crippen molar-refractivity contribution in [3.8, 4) is 0 Å². The summed E-state index contributed by atoms with van der Waals surface area (Å²) < 4.78 is 35.6. The molecule has 2 amide bonds. The topological polar surface area (TPSA) is 127 Å². The molecule has 1 aromatic carbocycles. The van der Waals surface area contributed by atoms with Crippen LogP contribution in [0.5, 0.6) is 0 Å². The van der Waals surface area contributed by atoms with Crippen LogP contribution in [0, 0.1) is 0 Å². The summed E-state index contributed by atoms with van der Waals surface area (Å²) in [6, 6.07) is 4.67. The SMILES string of the molecule is CC(C)NC(=O)Nc1nc2c(s1)[C@@H]1COC[C@H](C2)N1c1nc2cc(S(C)(=O)=O)ccc2o1. The quantitative estimate of drug-likeness (QED) is 0.587. The van der Waals surface area contributed by atoms with Gasteiger partial charge in [0.25, 0.3) is 6.01 Å². The van der Waals surface area contributed by atoms with Crippen LogP contribution in [0.2, 0.25) is 0 Å². The van der Waals surface area contributed by atoms with Crippen molar-refractivity contribution in [3.05, 3.63) is 28.8 Å². The molecular formula is C20H23N5O5S2. The van der Waals surface area contributed by atoms with Gasteiger partial charge in [0.05, 0.1) is 40.8 Å². The molecule has 0 unspecified atom stereocenters. The number of nitrogens with zero attached hydrogens (tertiary/aromatic N) is 3. The van der Waals surface area contributed by atoms with E-state index in [0.717, 1.165) is 10.6 Å². The normalized spacial score (nSPS) is 20.4. The number of thiazole rings is 1. The number of aromatic nitrogens is 2. The molecule has 0 radical (unpaired) electrons. The number of hydrogen-bond acceptors (Lipinski definition) is 9. The number of oxazole rings is 1. The lowest BCUT2D eigenvalue weighted by Crippen LogP contribution is -2.51. The van der Waals surface area contributed by atoms with Gasteiger partial charge in [-0.1, -0.05) is 11.3 Å². The van der Waals surface area contributed by atoms with E-state index >= 15 is 0 Å². The second-order valence-electron chi connectivity index (χ2n) is 8.30. The van der Waals surface area contributed by atoms with Crippen molar-refractivity contribution in [1.82, 2.24) is 15.3 Å². The van der Waals surface area contributed by atoms with E-state index in [4.69, 9.17) is 9.15 Å². The molecule has 2 N–H and O–H groups in total. The van der Waals surface area contributed by atoms with Crippen molar-refractivity contribution in [2.45, 2.75) is 43.3 Å². The molecule has 2 aromatic heterocycles. The molecule has 170 valence electrons. The van der Waals surface area contributed by atoms with Crippen molar-refractivity contribution in [1.29, 1.82) is 0 Å². The lowest BCUT2D eigenvalue weighted by atomic mass is 9.97. The van der Waals surface area contributed by atoms with Gasteiger partial charge in [0.15, 0.2) is 20.6 Å². The van der Waals surface area contributed by atoms with Crippen LogP contribution in [-0.4, -0.2) is 56.0 Å². The fourth-order valence-corrected chi connectivity index (χ4v) is 5.77. The molecule has 2 aliphatic heterocycles. The Kier molecular flexibility index (Phi) is 5.10. The summed E-state index contributed by atoms with van der Waals surface area (Å²) in [6.07, 6.45) is 1.79. The summed E-state index contributed by atoms with van der Waals surface area (Å²) >= 11 is 1.42. The highest BCUT2D eigenvalue weighted by atomic mass is 32.2. The Balaban J connectivity index is 1.47. The Morgan fingerprint density at radius 1 is 1.28 bits per heavy atom. The number of hydrogen-bond donors (Lipinski definition) is 2. The summed E-state index contributed by atoms with van der Waals surface area (Å²) in [7, 11) is -3.34. The second-order valence-corrected chi connectivity index (χ2v) is 11.3. The third kappa shape index (κ3) is 3.82. The van der Waals surface area contributed by atoms with E-state index in [-0.39, 0.29) is 29.1 Å². The van der Waals surface area contributed by atoms with E-state index in [0.29, 0.717) is 41.9 Å². The first-order valence-corrected chi connectivity index (χ1v) is 12.9. The van der Waals surface area contributed by atoms with Crippen molar-refractivity contribution >= 4 is 49.5 Å². The van der Waals surface area contributed by atoms with Gasteiger partial charge in [-0.2, -0.15) is 4.98 Å². The highest BCUT2D eigenvalue weighted by molar-refractivity contribution is 7.90. The van der Waals surface area contributed by atoms with Crippen LogP contribution in [-0.2, 0) is 21.0 Å². The number of nitrogens with one attached hydrogen (secondary N) is 2. The van der Waals surface area contributed by atoms with E-state index < -0.39 is 9.84 Å².